The summed E-state index contributed by atoms with van der Waals surface area (Å²) in [5, 5.41) is 2.86. The van der Waals surface area contributed by atoms with Gasteiger partial charge in [0.15, 0.2) is 0 Å². The predicted molar refractivity (Wildman–Crippen MR) is 218 cm³/mol. The first kappa shape index (κ1) is 41.6. The van der Waals surface area contributed by atoms with Gasteiger partial charge in [0.25, 0.3) is 5.91 Å². The van der Waals surface area contributed by atoms with Gasteiger partial charge in [-0.05, 0) is 56.6 Å². The SMILES string of the molecule is C=CC[C@@H](NC(=O)[C@@H]1CC(Oc2cc(-c3ccccc3)nc3cc(OC)ccc23)CN1C(=O)CCC(OCC(C)C)N1CC2CCC1CO2)C(=O)NS(=O)(=O)C1CC1. The molecule has 0 spiro atoms. The number of hydrogen-bond donors (Lipinski definition) is 2. The molecule has 14 nitrogen and oxygen atoms in total. The molecule has 4 saturated heterocycles. The molecule has 6 atom stereocenters. The summed E-state index contributed by atoms with van der Waals surface area (Å²) in [6, 6.07) is 15.1. The fourth-order valence-electron chi connectivity index (χ4n) is 8.06. The third kappa shape index (κ3) is 9.82. The van der Waals surface area contributed by atoms with Crippen molar-refractivity contribution < 1.29 is 41.7 Å². The largest absolute Gasteiger partial charge is 0.497 e. The highest BCUT2D eigenvalue weighted by atomic mass is 32.2. The van der Waals surface area contributed by atoms with E-state index in [4.69, 9.17) is 23.9 Å². The molecule has 58 heavy (non-hydrogen) atoms. The molecule has 5 aliphatic rings. The molecule has 2 N–H and O–H groups in total. The third-order valence-electron chi connectivity index (χ3n) is 11.3. The van der Waals surface area contributed by atoms with Gasteiger partial charge in [-0.1, -0.05) is 50.3 Å². The van der Waals surface area contributed by atoms with E-state index in [2.05, 4.69) is 35.4 Å². The highest BCUT2D eigenvalue weighted by Crippen LogP contribution is 2.35. The number of carbonyl (C=O) groups is 3. The van der Waals surface area contributed by atoms with Gasteiger partial charge >= 0.3 is 0 Å². The molecule has 1 saturated carbocycles. The Balaban J connectivity index is 1.14. The van der Waals surface area contributed by atoms with E-state index in [1.165, 1.54) is 11.0 Å². The molecule has 15 heteroatoms. The van der Waals surface area contributed by atoms with Crippen LogP contribution in [-0.2, 0) is 33.9 Å². The molecular weight excluding hydrogens is 763 g/mol. The number of aromatic nitrogens is 1. The number of carbonyl (C=O) groups excluding carboxylic acids is 3. The molecule has 3 aromatic rings. The molecule has 5 heterocycles. The number of methoxy groups -OCH3 is 1. The summed E-state index contributed by atoms with van der Waals surface area (Å²) in [4.78, 5) is 50.6. The van der Waals surface area contributed by atoms with Crippen LogP contribution in [0.5, 0.6) is 11.5 Å². The number of morpholine rings is 1. The second kappa shape index (κ2) is 18.1. The lowest BCUT2D eigenvalue weighted by atomic mass is 9.96. The van der Waals surface area contributed by atoms with Crippen LogP contribution in [0.1, 0.15) is 65.2 Å². The lowest BCUT2D eigenvalue weighted by Crippen LogP contribution is -2.58. The van der Waals surface area contributed by atoms with Gasteiger partial charge in [0.05, 0.1) is 49.4 Å². The van der Waals surface area contributed by atoms with E-state index in [0.717, 1.165) is 30.3 Å². The minimum absolute atomic E-state index is 0.0103. The van der Waals surface area contributed by atoms with Crippen molar-refractivity contribution in [3.63, 3.8) is 0 Å². The number of pyridine rings is 1. The number of nitrogens with zero attached hydrogens (tertiary/aromatic N) is 3. The van der Waals surface area contributed by atoms with Gasteiger partial charge in [-0.2, -0.15) is 0 Å². The zero-order valence-corrected chi connectivity index (χ0v) is 34.3. The van der Waals surface area contributed by atoms with Gasteiger partial charge in [0.2, 0.25) is 21.8 Å². The Morgan fingerprint density at radius 3 is 2.50 bits per heavy atom. The maximum atomic E-state index is 14.4. The molecule has 4 unspecified atom stereocenters. The van der Waals surface area contributed by atoms with Crippen LogP contribution in [0.25, 0.3) is 22.2 Å². The van der Waals surface area contributed by atoms with Crippen LogP contribution < -0.4 is 19.5 Å². The Bertz CT molecular complexity index is 2070. The number of rotatable bonds is 18. The molecule has 3 amide bonds. The quantitative estimate of drug-likeness (QED) is 0.173. The van der Waals surface area contributed by atoms with E-state index < -0.39 is 45.3 Å². The topological polar surface area (TPSA) is 166 Å². The van der Waals surface area contributed by atoms with E-state index in [0.29, 0.717) is 61.1 Å². The highest BCUT2D eigenvalue weighted by molar-refractivity contribution is 7.90. The standard InChI is InChI=1S/C43H55N5O9S/c1-5-9-35(42(50)46-58(52,53)33-15-16-33)45-43(51)38-21-32(57-39-22-36(28-10-7-6-8-11-28)44-37-20-30(54-4)14-17-34(37)39)24-48(38)40(49)18-19-41(56-25-27(2)3)47-23-31-13-12-29(47)26-55-31/h5-8,10-11,14,17,20,22,27,29,31-33,35,38,41H,1,9,12-13,15-16,18-19,21,23-26H2,2-4H3,(H,45,51)(H,46,50)/t29?,31?,32?,35-,38+,41?/m1/s1. The van der Waals surface area contributed by atoms with E-state index in [9.17, 15) is 22.8 Å². The number of hydrogen-bond acceptors (Lipinski definition) is 11. The van der Waals surface area contributed by atoms with Crippen molar-refractivity contribution in [1.82, 2.24) is 24.8 Å². The van der Waals surface area contributed by atoms with E-state index >= 15 is 0 Å². The maximum Gasteiger partial charge on any atom is 0.256 e. The Morgan fingerprint density at radius 2 is 1.84 bits per heavy atom. The average molecular weight is 818 g/mol. The summed E-state index contributed by atoms with van der Waals surface area (Å²) in [6.07, 6.45) is 4.30. The molecule has 4 aliphatic heterocycles. The van der Waals surface area contributed by atoms with Gasteiger partial charge in [0.1, 0.15) is 35.9 Å². The second-order valence-corrected chi connectivity index (χ2v) is 18.2. The molecule has 2 bridgehead atoms. The summed E-state index contributed by atoms with van der Waals surface area (Å²) >= 11 is 0. The first-order valence-electron chi connectivity index (χ1n) is 20.4. The number of benzene rings is 2. The number of nitrogens with one attached hydrogen (secondary N) is 2. The van der Waals surface area contributed by atoms with Crippen molar-refractivity contribution in [2.45, 2.75) is 107 Å². The van der Waals surface area contributed by atoms with Crippen LogP contribution in [0.3, 0.4) is 0 Å². The molecular formula is C43H55N5O9S. The minimum atomic E-state index is -3.86. The smallest absolute Gasteiger partial charge is 0.256 e. The van der Waals surface area contributed by atoms with Crippen molar-refractivity contribution in [3.8, 4) is 22.8 Å². The Kier molecular flexibility index (Phi) is 13.0. The highest BCUT2D eigenvalue weighted by Gasteiger charge is 2.44. The predicted octanol–water partition coefficient (Wildman–Crippen LogP) is 4.57. The van der Waals surface area contributed by atoms with Crippen molar-refractivity contribution in [2.75, 3.05) is 33.4 Å². The monoisotopic (exact) mass is 817 g/mol. The molecule has 312 valence electrons. The molecule has 1 aliphatic carbocycles. The zero-order chi connectivity index (χ0) is 41.0. The molecule has 5 fully saturated rings. The molecule has 0 radical (unpaired) electrons. The van der Waals surface area contributed by atoms with Crippen molar-refractivity contribution in [3.05, 3.63) is 67.3 Å². The van der Waals surface area contributed by atoms with Crippen molar-refractivity contribution in [1.29, 1.82) is 0 Å². The first-order valence-corrected chi connectivity index (χ1v) is 21.9. The molecule has 8 rings (SSSR count). The van der Waals surface area contributed by atoms with E-state index in [1.54, 1.807) is 7.11 Å². The van der Waals surface area contributed by atoms with Crippen LogP contribution in [0.2, 0.25) is 0 Å². The number of likely N-dealkylation sites (tertiary alicyclic amines) is 1. The third-order valence-corrected chi connectivity index (χ3v) is 13.1. The van der Waals surface area contributed by atoms with Crippen molar-refractivity contribution in [2.24, 2.45) is 5.92 Å². The Labute approximate surface area is 340 Å². The van der Waals surface area contributed by atoms with Crippen LogP contribution in [-0.4, -0.2) is 116 Å². The summed E-state index contributed by atoms with van der Waals surface area (Å²) in [6.45, 7) is 9.92. The Morgan fingerprint density at radius 1 is 1.05 bits per heavy atom. The van der Waals surface area contributed by atoms with Gasteiger partial charge in [-0.25, -0.2) is 13.4 Å². The summed E-state index contributed by atoms with van der Waals surface area (Å²) in [5.41, 5.74) is 2.22. The van der Waals surface area contributed by atoms with Crippen LogP contribution >= 0.6 is 0 Å². The number of sulfonamides is 1. The lowest BCUT2D eigenvalue weighted by Gasteiger charge is -2.48. The zero-order valence-electron chi connectivity index (χ0n) is 33.5. The second-order valence-electron chi connectivity index (χ2n) is 16.2. The fourth-order valence-corrected chi connectivity index (χ4v) is 9.40. The lowest BCUT2D eigenvalue weighted by molar-refractivity contribution is -0.179. The van der Waals surface area contributed by atoms with E-state index in [-0.39, 0.29) is 50.1 Å². The van der Waals surface area contributed by atoms with E-state index in [1.807, 2.05) is 54.6 Å². The Hall–Kier alpha value is -4.57. The van der Waals surface area contributed by atoms with Crippen LogP contribution in [0.4, 0.5) is 0 Å². The summed E-state index contributed by atoms with van der Waals surface area (Å²) in [7, 11) is -2.27. The number of fused-ring (bicyclic) bond motifs is 4. The number of ether oxygens (including phenoxy) is 4. The first-order chi connectivity index (χ1) is 27.9. The number of piperidine rings is 1. The van der Waals surface area contributed by atoms with Crippen LogP contribution in [0, 0.1) is 5.92 Å². The van der Waals surface area contributed by atoms with Crippen molar-refractivity contribution >= 4 is 38.6 Å². The normalized spacial score (nSPS) is 23.1. The maximum absolute atomic E-state index is 14.4. The molecule has 1 aromatic heterocycles. The van der Waals surface area contributed by atoms with Gasteiger partial charge < -0.3 is 29.2 Å². The fraction of sp³-hybridized carbons (Fsp3) is 0.535. The van der Waals surface area contributed by atoms with Gasteiger partial charge in [0, 0.05) is 48.5 Å². The van der Waals surface area contributed by atoms with Gasteiger partial charge in [-0.15, -0.1) is 6.58 Å². The minimum Gasteiger partial charge on any atom is -0.497 e. The average Bonchev–Trinajstić information content (AvgIpc) is 4.01. The summed E-state index contributed by atoms with van der Waals surface area (Å²) < 4.78 is 52.1. The van der Waals surface area contributed by atoms with Crippen LogP contribution in [0.15, 0.2) is 67.3 Å². The number of amides is 3. The summed E-state index contributed by atoms with van der Waals surface area (Å²) in [5.74, 6) is -0.219. The van der Waals surface area contributed by atoms with Gasteiger partial charge in [-0.3, -0.25) is 24.0 Å². The molecule has 2 aromatic carbocycles.